The molecule has 2 aromatic carbocycles. The van der Waals surface area contributed by atoms with Gasteiger partial charge >= 0.3 is 5.69 Å². The SMILES string of the molecule is C=C(C)n1c(=O)n(C/C=C/c2ccccc2)c2cc(C)c(C)cc21. The van der Waals surface area contributed by atoms with Crippen molar-refractivity contribution in [3.63, 3.8) is 0 Å². The number of benzene rings is 2. The predicted octanol–water partition coefficient (Wildman–Crippen LogP) is 4.62. The lowest BCUT2D eigenvalue weighted by Gasteiger charge is -2.04. The van der Waals surface area contributed by atoms with Crippen LogP contribution in [-0.2, 0) is 6.54 Å². The number of fused-ring (bicyclic) bond motifs is 1. The van der Waals surface area contributed by atoms with E-state index in [0.29, 0.717) is 6.54 Å². The van der Waals surface area contributed by atoms with Crippen molar-refractivity contribution in [1.82, 2.24) is 9.13 Å². The number of rotatable bonds is 4. The molecule has 0 atom stereocenters. The van der Waals surface area contributed by atoms with Gasteiger partial charge in [-0.25, -0.2) is 4.79 Å². The summed E-state index contributed by atoms with van der Waals surface area (Å²) in [7, 11) is 0. The molecule has 0 radical (unpaired) electrons. The van der Waals surface area contributed by atoms with Crippen LogP contribution in [0.15, 0.2) is 59.9 Å². The fourth-order valence-electron chi connectivity index (χ4n) is 2.91. The lowest BCUT2D eigenvalue weighted by atomic mass is 10.1. The van der Waals surface area contributed by atoms with Crippen LogP contribution < -0.4 is 5.69 Å². The Morgan fingerprint density at radius 3 is 2.33 bits per heavy atom. The summed E-state index contributed by atoms with van der Waals surface area (Å²) in [5.41, 5.74) is 6.05. The summed E-state index contributed by atoms with van der Waals surface area (Å²) in [5.74, 6) is 0. The summed E-state index contributed by atoms with van der Waals surface area (Å²) < 4.78 is 3.49. The Bertz CT molecular complexity index is 988. The summed E-state index contributed by atoms with van der Waals surface area (Å²) >= 11 is 0. The van der Waals surface area contributed by atoms with Gasteiger partial charge in [-0.2, -0.15) is 0 Å². The fraction of sp³-hybridized carbons (Fsp3) is 0.190. The molecule has 1 aromatic heterocycles. The van der Waals surface area contributed by atoms with E-state index < -0.39 is 0 Å². The quantitative estimate of drug-likeness (QED) is 0.689. The van der Waals surface area contributed by atoms with E-state index in [1.807, 2.05) is 49.4 Å². The highest BCUT2D eigenvalue weighted by Crippen LogP contribution is 2.21. The Morgan fingerprint density at radius 2 is 1.71 bits per heavy atom. The molecule has 0 bridgehead atoms. The summed E-state index contributed by atoms with van der Waals surface area (Å²) in [6.45, 7) is 10.5. The molecule has 3 aromatic rings. The molecule has 0 saturated heterocycles. The maximum absolute atomic E-state index is 12.8. The molecule has 1 heterocycles. The molecule has 24 heavy (non-hydrogen) atoms. The molecule has 3 nitrogen and oxygen atoms in total. The minimum absolute atomic E-state index is 0.0415. The summed E-state index contributed by atoms with van der Waals surface area (Å²) in [5, 5.41) is 0. The molecule has 0 spiro atoms. The molecule has 3 rings (SSSR count). The molecule has 0 N–H and O–H groups in total. The Kier molecular flexibility index (Phi) is 4.26. The van der Waals surface area contributed by atoms with Gasteiger partial charge in [0.05, 0.1) is 11.0 Å². The predicted molar refractivity (Wildman–Crippen MR) is 102 cm³/mol. The van der Waals surface area contributed by atoms with Crippen molar-refractivity contribution in [3.8, 4) is 0 Å². The first-order valence-corrected chi connectivity index (χ1v) is 8.09. The highest BCUT2D eigenvalue weighted by atomic mass is 16.1. The zero-order valence-electron chi connectivity index (χ0n) is 14.4. The monoisotopic (exact) mass is 318 g/mol. The van der Waals surface area contributed by atoms with E-state index >= 15 is 0 Å². The molecule has 0 aliphatic heterocycles. The van der Waals surface area contributed by atoms with E-state index in [-0.39, 0.29) is 5.69 Å². The van der Waals surface area contributed by atoms with Crippen molar-refractivity contribution in [1.29, 1.82) is 0 Å². The third-order valence-corrected chi connectivity index (χ3v) is 4.32. The normalized spacial score (nSPS) is 11.5. The molecule has 122 valence electrons. The molecular formula is C21H22N2O. The van der Waals surface area contributed by atoms with E-state index in [2.05, 4.69) is 32.6 Å². The second-order valence-corrected chi connectivity index (χ2v) is 6.20. The lowest BCUT2D eigenvalue weighted by molar-refractivity contribution is 0.786. The Hall–Kier alpha value is -2.81. The fourth-order valence-corrected chi connectivity index (χ4v) is 2.91. The Morgan fingerprint density at radius 1 is 1.08 bits per heavy atom. The number of allylic oxidation sites excluding steroid dienone is 2. The number of imidazole rings is 1. The maximum atomic E-state index is 12.8. The minimum Gasteiger partial charge on any atom is -0.288 e. The molecule has 0 fully saturated rings. The van der Waals surface area contributed by atoms with Gasteiger partial charge in [-0.05, 0) is 49.6 Å². The highest BCUT2D eigenvalue weighted by Gasteiger charge is 2.14. The van der Waals surface area contributed by atoms with Gasteiger partial charge in [0, 0.05) is 12.2 Å². The Labute approximate surface area is 142 Å². The van der Waals surface area contributed by atoms with E-state index in [1.54, 1.807) is 9.13 Å². The third kappa shape index (κ3) is 2.85. The van der Waals surface area contributed by atoms with Crippen LogP contribution in [0.2, 0.25) is 0 Å². The molecule has 0 aliphatic carbocycles. The van der Waals surface area contributed by atoms with Crippen molar-refractivity contribution in [2.45, 2.75) is 27.3 Å². The lowest BCUT2D eigenvalue weighted by Crippen LogP contribution is -2.22. The number of aromatic nitrogens is 2. The van der Waals surface area contributed by atoms with Gasteiger partial charge in [-0.1, -0.05) is 49.1 Å². The van der Waals surface area contributed by atoms with Crippen LogP contribution in [0.4, 0.5) is 0 Å². The third-order valence-electron chi connectivity index (χ3n) is 4.32. The van der Waals surface area contributed by atoms with Gasteiger partial charge in [0.15, 0.2) is 0 Å². The van der Waals surface area contributed by atoms with E-state index in [1.165, 1.54) is 11.1 Å². The number of nitrogens with zero attached hydrogens (tertiary/aromatic N) is 2. The number of aryl methyl sites for hydroxylation is 2. The van der Waals surface area contributed by atoms with E-state index in [4.69, 9.17) is 0 Å². The second-order valence-electron chi connectivity index (χ2n) is 6.20. The minimum atomic E-state index is -0.0415. The number of hydrogen-bond donors (Lipinski definition) is 0. The average molecular weight is 318 g/mol. The first-order chi connectivity index (χ1) is 11.5. The van der Waals surface area contributed by atoms with Gasteiger partial charge in [0.25, 0.3) is 0 Å². The van der Waals surface area contributed by atoms with Crippen LogP contribution in [0.5, 0.6) is 0 Å². The molecular weight excluding hydrogens is 296 g/mol. The Balaban J connectivity index is 2.09. The molecule has 0 aliphatic rings. The topological polar surface area (TPSA) is 26.9 Å². The van der Waals surface area contributed by atoms with Crippen LogP contribution >= 0.6 is 0 Å². The van der Waals surface area contributed by atoms with Crippen molar-refractivity contribution in [3.05, 3.63) is 82.3 Å². The first-order valence-electron chi connectivity index (χ1n) is 8.09. The summed E-state index contributed by atoms with van der Waals surface area (Å²) in [6, 6.07) is 14.2. The second kappa shape index (κ2) is 6.36. The van der Waals surface area contributed by atoms with Crippen LogP contribution in [0, 0.1) is 13.8 Å². The van der Waals surface area contributed by atoms with Gasteiger partial charge in [0.1, 0.15) is 0 Å². The smallest absolute Gasteiger partial charge is 0.288 e. The van der Waals surface area contributed by atoms with Gasteiger partial charge in [0.2, 0.25) is 0 Å². The maximum Gasteiger partial charge on any atom is 0.333 e. The summed E-state index contributed by atoms with van der Waals surface area (Å²) in [4.78, 5) is 12.8. The van der Waals surface area contributed by atoms with E-state index in [9.17, 15) is 4.79 Å². The van der Waals surface area contributed by atoms with Gasteiger partial charge < -0.3 is 0 Å². The van der Waals surface area contributed by atoms with Crippen LogP contribution in [0.1, 0.15) is 23.6 Å². The first kappa shape index (κ1) is 16.1. The zero-order chi connectivity index (χ0) is 17.3. The highest BCUT2D eigenvalue weighted by molar-refractivity contribution is 5.81. The molecule has 0 saturated carbocycles. The van der Waals surface area contributed by atoms with Crippen LogP contribution in [-0.4, -0.2) is 9.13 Å². The van der Waals surface area contributed by atoms with Crippen molar-refractivity contribution >= 4 is 22.8 Å². The van der Waals surface area contributed by atoms with Crippen molar-refractivity contribution in [2.75, 3.05) is 0 Å². The van der Waals surface area contributed by atoms with Crippen LogP contribution in [0.3, 0.4) is 0 Å². The van der Waals surface area contributed by atoms with Crippen molar-refractivity contribution < 1.29 is 0 Å². The average Bonchev–Trinajstić information content (AvgIpc) is 2.81. The molecule has 0 amide bonds. The van der Waals surface area contributed by atoms with E-state index in [0.717, 1.165) is 22.3 Å². The van der Waals surface area contributed by atoms with Gasteiger partial charge in [-0.15, -0.1) is 0 Å². The molecule has 0 unspecified atom stereocenters. The summed E-state index contributed by atoms with van der Waals surface area (Å²) in [6.07, 6.45) is 4.06. The number of hydrogen-bond acceptors (Lipinski definition) is 1. The van der Waals surface area contributed by atoms with Crippen molar-refractivity contribution in [2.24, 2.45) is 0 Å². The standard InChI is InChI=1S/C21H22N2O/c1-15(2)23-20-14-17(4)16(3)13-19(20)22(21(23)24)12-8-11-18-9-6-5-7-10-18/h5-11,13-14H,1,12H2,2-4H3/b11-8+. The molecule has 3 heteroatoms. The largest absolute Gasteiger partial charge is 0.333 e. The van der Waals surface area contributed by atoms with Gasteiger partial charge in [-0.3, -0.25) is 9.13 Å². The zero-order valence-corrected chi connectivity index (χ0v) is 14.4. The van der Waals surface area contributed by atoms with Crippen LogP contribution in [0.25, 0.3) is 22.8 Å².